The fraction of sp³-hybridized carbons (Fsp3) is 0. The molecule has 0 radical (unpaired) electrons. The van der Waals surface area contributed by atoms with Crippen molar-refractivity contribution in [2.45, 2.75) is 0 Å². The highest BCUT2D eigenvalue weighted by molar-refractivity contribution is 5.32. The van der Waals surface area contributed by atoms with Crippen LogP contribution in [0.3, 0.4) is 0 Å². The first-order valence-electron chi connectivity index (χ1n) is 4.92. The minimum absolute atomic E-state index is 0.348. The summed E-state index contributed by atoms with van der Waals surface area (Å²) in [5.41, 5.74) is -0.487. The molecular formula is C13H9FO3. The molecule has 3 nitrogen and oxygen atoms in total. The average Bonchev–Trinajstić information content (AvgIpc) is 2.48. The molecule has 0 heterocycles. The molecule has 2 aromatic carbocycles. The molecule has 2 aromatic rings. The van der Waals surface area contributed by atoms with Crippen LogP contribution >= 0.6 is 0 Å². The Morgan fingerprint density at radius 2 is 1.41 bits per heavy atom. The van der Waals surface area contributed by atoms with Gasteiger partial charge in [-0.05, 0) is 48.5 Å². The number of halogens is 1. The Morgan fingerprint density at radius 3 is 2.06 bits per heavy atom. The summed E-state index contributed by atoms with van der Waals surface area (Å²) in [6, 6.07) is 10.8. The molecule has 0 aliphatic carbocycles. The van der Waals surface area contributed by atoms with Crippen LogP contribution in [0.2, 0.25) is 0 Å². The molecular weight excluding hydrogens is 223 g/mol. The van der Waals surface area contributed by atoms with Crippen LogP contribution in [-0.2, 0) is 0 Å². The smallest absolute Gasteiger partial charge is 0.220 e. The van der Waals surface area contributed by atoms with E-state index in [-0.39, 0.29) is 11.6 Å². The number of aromatic hydroxyl groups is 1. The van der Waals surface area contributed by atoms with E-state index >= 15 is 0 Å². The maximum Gasteiger partial charge on any atom is 0.220 e. The van der Waals surface area contributed by atoms with Crippen LogP contribution in [0.25, 0.3) is 0 Å². The fourth-order valence-electron chi connectivity index (χ4n) is 1.25. The lowest BCUT2D eigenvalue weighted by Gasteiger charge is -2.02. The molecule has 0 fully saturated rings. The number of hydrogen-bond donors (Lipinski definition) is 1. The van der Waals surface area contributed by atoms with Gasteiger partial charge in [-0.2, -0.15) is 0 Å². The third-order valence-electron chi connectivity index (χ3n) is 2.11. The van der Waals surface area contributed by atoms with E-state index in [1.165, 1.54) is 48.5 Å². The van der Waals surface area contributed by atoms with Gasteiger partial charge in [-0.1, -0.05) is 0 Å². The second kappa shape index (κ2) is 4.65. The van der Waals surface area contributed by atoms with Gasteiger partial charge in [0.25, 0.3) is 0 Å². The summed E-state index contributed by atoms with van der Waals surface area (Å²) in [6.45, 7) is 0. The molecule has 4 heteroatoms. The Kier molecular flexibility index (Phi) is 3.05. The summed E-state index contributed by atoms with van der Waals surface area (Å²) in [7, 11) is 0. The monoisotopic (exact) mass is 232 g/mol. The lowest BCUT2D eigenvalue weighted by molar-refractivity contribution is 0.469. The minimum atomic E-state index is -0.487. The van der Waals surface area contributed by atoms with Gasteiger partial charge in [0.05, 0.1) is 0 Å². The van der Waals surface area contributed by atoms with E-state index in [1.54, 1.807) is 0 Å². The van der Waals surface area contributed by atoms with E-state index in [0.29, 0.717) is 11.5 Å². The van der Waals surface area contributed by atoms with Gasteiger partial charge in [-0.15, -0.1) is 0 Å². The van der Waals surface area contributed by atoms with E-state index < -0.39 is 5.43 Å². The Labute approximate surface area is 96.7 Å². The van der Waals surface area contributed by atoms with Gasteiger partial charge >= 0.3 is 0 Å². The first-order chi connectivity index (χ1) is 8.15. The van der Waals surface area contributed by atoms with Crippen LogP contribution in [0.1, 0.15) is 0 Å². The van der Waals surface area contributed by atoms with Crippen LogP contribution in [0.5, 0.6) is 17.2 Å². The van der Waals surface area contributed by atoms with Crippen LogP contribution in [0.4, 0.5) is 4.39 Å². The molecule has 0 aromatic heterocycles. The van der Waals surface area contributed by atoms with Crippen LogP contribution in [-0.4, -0.2) is 5.11 Å². The molecule has 0 spiro atoms. The summed E-state index contributed by atoms with van der Waals surface area (Å²) in [6.07, 6.45) is 0. The lowest BCUT2D eigenvalue weighted by Crippen LogP contribution is -1.91. The molecule has 0 unspecified atom stereocenters. The van der Waals surface area contributed by atoms with Gasteiger partial charge < -0.3 is 9.84 Å². The molecule has 0 atom stereocenters. The highest BCUT2D eigenvalue weighted by Gasteiger charge is 1.98. The molecule has 17 heavy (non-hydrogen) atoms. The van der Waals surface area contributed by atoms with Crippen LogP contribution in [0.15, 0.2) is 53.3 Å². The number of benzene rings is 1. The summed E-state index contributed by atoms with van der Waals surface area (Å²) in [4.78, 5) is 11.1. The van der Waals surface area contributed by atoms with Crippen LogP contribution < -0.4 is 10.2 Å². The van der Waals surface area contributed by atoms with Crippen molar-refractivity contribution in [2.75, 3.05) is 0 Å². The maximum absolute atomic E-state index is 12.7. The first kappa shape index (κ1) is 11.1. The van der Waals surface area contributed by atoms with Crippen molar-refractivity contribution >= 4 is 0 Å². The molecule has 0 aliphatic heterocycles. The predicted molar refractivity (Wildman–Crippen MR) is 60.9 cm³/mol. The zero-order valence-electron chi connectivity index (χ0n) is 8.76. The van der Waals surface area contributed by atoms with Gasteiger partial charge in [0, 0.05) is 0 Å². The van der Waals surface area contributed by atoms with Crippen LogP contribution in [0, 0.1) is 5.82 Å². The Hall–Kier alpha value is -2.36. The molecule has 0 aliphatic rings. The van der Waals surface area contributed by atoms with E-state index in [0.717, 1.165) is 0 Å². The normalized spacial score (nSPS) is 9.94. The number of hydrogen-bond acceptors (Lipinski definition) is 3. The molecule has 0 bridgehead atoms. The highest BCUT2D eigenvalue weighted by atomic mass is 19.1. The van der Waals surface area contributed by atoms with Gasteiger partial charge in [-0.3, -0.25) is 4.79 Å². The van der Waals surface area contributed by atoms with Crippen molar-refractivity contribution in [3.63, 3.8) is 0 Å². The molecule has 2 rings (SSSR count). The zero-order valence-corrected chi connectivity index (χ0v) is 8.76. The largest absolute Gasteiger partial charge is 0.504 e. The summed E-state index contributed by atoms with van der Waals surface area (Å²) in [5.74, 6) is 0.132. The molecule has 1 N–H and O–H groups in total. The standard InChI is InChI=1S/C13H9FO3/c14-9-1-3-10(4-2-9)17-11-5-7-12(15)13(16)8-6-11/h1-8H,(H,15,16). The average molecular weight is 232 g/mol. The molecule has 86 valence electrons. The SMILES string of the molecule is O=c1ccc(Oc2ccc(F)cc2)ccc1O. The van der Waals surface area contributed by atoms with E-state index in [4.69, 9.17) is 4.74 Å². The van der Waals surface area contributed by atoms with Crippen molar-refractivity contribution in [2.24, 2.45) is 0 Å². The summed E-state index contributed by atoms with van der Waals surface area (Å²) < 4.78 is 18.0. The van der Waals surface area contributed by atoms with Crippen molar-refractivity contribution < 1.29 is 14.2 Å². The van der Waals surface area contributed by atoms with Gasteiger partial charge in [0.1, 0.15) is 17.3 Å². The van der Waals surface area contributed by atoms with E-state index in [1.807, 2.05) is 0 Å². The fourth-order valence-corrected chi connectivity index (χ4v) is 1.25. The number of rotatable bonds is 2. The molecule has 0 saturated carbocycles. The van der Waals surface area contributed by atoms with Gasteiger partial charge in [0.2, 0.25) is 5.43 Å². The Bertz CT molecular complexity index is 579. The van der Waals surface area contributed by atoms with Crippen molar-refractivity contribution in [1.29, 1.82) is 0 Å². The Balaban J connectivity index is 2.28. The minimum Gasteiger partial charge on any atom is -0.504 e. The van der Waals surface area contributed by atoms with Gasteiger partial charge in [0.15, 0.2) is 5.75 Å². The lowest BCUT2D eigenvalue weighted by atomic mass is 10.3. The summed E-state index contributed by atoms with van der Waals surface area (Å²) in [5, 5.41) is 9.19. The van der Waals surface area contributed by atoms with E-state index in [9.17, 15) is 14.3 Å². The second-order valence-electron chi connectivity index (χ2n) is 3.37. The molecule has 0 saturated heterocycles. The third-order valence-corrected chi connectivity index (χ3v) is 2.11. The van der Waals surface area contributed by atoms with Crippen molar-refractivity contribution in [3.8, 4) is 17.2 Å². The molecule has 0 amide bonds. The topological polar surface area (TPSA) is 46.5 Å². The van der Waals surface area contributed by atoms with Gasteiger partial charge in [-0.25, -0.2) is 4.39 Å². The third kappa shape index (κ3) is 2.81. The predicted octanol–water partition coefficient (Wildman–Crippen LogP) is 2.68. The highest BCUT2D eigenvalue weighted by Crippen LogP contribution is 2.20. The quantitative estimate of drug-likeness (QED) is 0.865. The first-order valence-corrected chi connectivity index (χ1v) is 4.92. The van der Waals surface area contributed by atoms with Crippen molar-refractivity contribution in [1.82, 2.24) is 0 Å². The Morgan fingerprint density at radius 1 is 0.882 bits per heavy atom. The summed E-state index contributed by atoms with van der Waals surface area (Å²) >= 11 is 0. The zero-order chi connectivity index (χ0) is 12.3. The second-order valence-corrected chi connectivity index (χ2v) is 3.37. The number of ether oxygens (including phenoxy) is 1. The van der Waals surface area contributed by atoms with E-state index in [2.05, 4.69) is 0 Å². The van der Waals surface area contributed by atoms with Crippen molar-refractivity contribution in [3.05, 3.63) is 64.6 Å². The maximum atomic E-state index is 12.7.